The number of aliphatic hydroxyl groups is 1. The van der Waals surface area contributed by atoms with Gasteiger partial charge < -0.3 is 10.8 Å². The van der Waals surface area contributed by atoms with E-state index in [-0.39, 0.29) is 0 Å². The molecule has 2 rings (SSSR count). The number of benzene rings is 1. The van der Waals surface area contributed by atoms with Gasteiger partial charge in [-0.15, -0.1) is 0 Å². The van der Waals surface area contributed by atoms with Gasteiger partial charge in [0.15, 0.2) is 0 Å². The maximum atomic E-state index is 10.1. The van der Waals surface area contributed by atoms with Gasteiger partial charge in [0.25, 0.3) is 0 Å². The number of rotatable bonds is 3. The predicted molar refractivity (Wildman–Crippen MR) is 70.8 cm³/mol. The minimum absolute atomic E-state index is 0.596. The zero-order valence-corrected chi connectivity index (χ0v) is 10.7. The molecule has 0 spiro atoms. The van der Waals surface area contributed by atoms with Crippen molar-refractivity contribution < 1.29 is 5.11 Å². The summed E-state index contributed by atoms with van der Waals surface area (Å²) in [5.41, 5.74) is 8.89. The smallest absolute Gasteiger partial charge is 0.0743 e. The highest BCUT2D eigenvalue weighted by atomic mass is 16.3. The van der Waals surface area contributed by atoms with Crippen molar-refractivity contribution in [3.8, 4) is 0 Å². The second-order valence-corrected chi connectivity index (χ2v) is 5.30. The summed E-state index contributed by atoms with van der Waals surface area (Å²) in [6.45, 7) is 6.51. The second-order valence-electron chi connectivity index (χ2n) is 5.30. The van der Waals surface area contributed by atoms with Crippen molar-refractivity contribution in [3.05, 3.63) is 29.3 Å². The van der Waals surface area contributed by atoms with Crippen LogP contribution < -0.4 is 5.73 Å². The van der Waals surface area contributed by atoms with Crippen molar-refractivity contribution >= 4 is 5.69 Å². The molecule has 0 fully saturated rings. The number of anilines is 1. The number of β-amino-alcohol motifs (C(OH)–C–C–N with tert-alkyl or cyclic N) is 1. The van der Waals surface area contributed by atoms with Crippen LogP contribution in [0.25, 0.3) is 0 Å². The highest BCUT2D eigenvalue weighted by molar-refractivity contribution is 5.51. The zero-order valence-electron chi connectivity index (χ0n) is 10.7. The summed E-state index contributed by atoms with van der Waals surface area (Å²) in [5, 5.41) is 10.1. The van der Waals surface area contributed by atoms with E-state index in [2.05, 4.69) is 11.0 Å². The van der Waals surface area contributed by atoms with E-state index in [1.807, 2.05) is 26.0 Å². The largest absolute Gasteiger partial charge is 0.398 e. The molecule has 0 aromatic heterocycles. The van der Waals surface area contributed by atoms with Crippen LogP contribution in [-0.4, -0.2) is 28.7 Å². The Bertz CT molecular complexity index is 401. The Morgan fingerprint density at radius 2 is 2.24 bits per heavy atom. The number of hydrogen-bond donors (Lipinski definition) is 2. The van der Waals surface area contributed by atoms with Crippen LogP contribution in [0.2, 0.25) is 0 Å². The maximum Gasteiger partial charge on any atom is 0.0743 e. The van der Waals surface area contributed by atoms with Gasteiger partial charge in [0.1, 0.15) is 0 Å². The molecule has 17 heavy (non-hydrogen) atoms. The van der Waals surface area contributed by atoms with E-state index < -0.39 is 5.60 Å². The summed E-state index contributed by atoms with van der Waals surface area (Å²) in [6.07, 6.45) is 1.81. The zero-order chi connectivity index (χ0) is 12.5. The van der Waals surface area contributed by atoms with Gasteiger partial charge in [-0.05, 0) is 37.0 Å². The minimum atomic E-state index is -0.596. The molecule has 0 amide bonds. The lowest BCUT2D eigenvalue weighted by molar-refractivity contribution is 0.0125. The van der Waals surface area contributed by atoms with E-state index >= 15 is 0 Å². The van der Waals surface area contributed by atoms with Gasteiger partial charge in [0, 0.05) is 25.3 Å². The first-order chi connectivity index (χ1) is 8.02. The average Bonchev–Trinajstić information content (AvgIpc) is 2.30. The molecule has 0 saturated heterocycles. The first kappa shape index (κ1) is 12.4. The number of nitrogens with zero attached hydrogens (tertiary/aromatic N) is 1. The van der Waals surface area contributed by atoms with Gasteiger partial charge in [0.05, 0.1) is 5.60 Å². The van der Waals surface area contributed by atoms with Gasteiger partial charge in [-0.3, -0.25) is 4.90 Å². The lowest BCUT2D eigenvalue weighted by Gasteiger charge is -2.34. The molecule has 94 valence electrons. The third kappa shape index (κ3) is 2.79. The lowest BCUT2D eigenvalue weighted by atomic mass is 9.96. The monoisotopic (exact) mass is 234 g/mol. The summed E-state index contributed by atoms with van der Waals surface area (Å²) < 4.78 is 0. The standard InChI is InChI=1S/C14H22N2O/c1-3-14(2,17)10-16-8-7-11-5-4-6-13(15)12(11)9-16/h4-6,17H,3,7-10,15H2,1-2H3. The molecule has 3 nitrogen and oxygen atoms in total. The molecule has 1 heterocycles. The van der Waals surface area contributed by atoms with Gasteiger partial charge in [-0.1, -0.05) is 19.1 Å². The van der Waals surface area contributed by atoms with Gasteiger partial charge in [-0.2, -0.15) is 0 Å². The molecular weight excluding hydrogens is 212 g/mol. The highest BCUT2D eigenvalue weighted by Gasteiger charge is 2.25. The molecular formula is C14H22N2O. The molecule has 1 aromatic carbocycles. The number of fused-ring (bicyclic) bond motifs is 1. The Morgan fingerprint density at radius 1 is 1.47 bits per heavy atom. The predicted octanol–water partition coefficient (Wildman–Crippen LogP) is 1.79. The molecule has 3 N–H and O–H groups in total. The normalized spacial score (nSPS) is 19.7. The Hall–Kier alpha value is -1.06. The van der Waals surface area contributed by atoms with Crippen molar-refractivity contribution in [1.82, 2.24) is 4.90 Å². The van der Waals surface area contributed by atoms with Crippen LogP contribution in [0.3, 0.4) is 0 Å². The van der Waals surface area contributed by atoms with E-state index in [0.717, 1.165) is 38.2 Å². The van der Waals surface area contributed by atoms with Crippen LogP contribution in [0.5, 0.6) is 0 Å². The van der Waals surface area contributed by atoms with E-state index in [9.17, 15) is 5.11 Å². The Morgan fingerprint density at radius 3 is 2.94 bits per heavy atom. The number of nitrogens with two attached hydrogens (primary N) is 1. The molecule has 0 aliphatic carbocycles. The third-order valence-corrected chi connectivity index (χ3v) is 3.71. The molecule has 1 atom stereocenters. The van der Waals surface area contributed by atoms with Crippen LogP contribution in [0.4, 0.5) is 5.69 Å². The first-order valence-electron chi connectivity index (χ1n) is 6.33. The van der Waals surface area contributed by atoms with Gasteiger partial charge in [0.2, 0.25) is 0 Å². The fraction of sp³-hybridized carbons (Fsp3) is 0.571. The third-order valence-electron chi connectivity index (χ3n) is 3.71. The van der Waals surface area contributed by atoms with Crippen molar-refractivity contribution in [3.63, 3.8) is 0 Å². The molecule has 0 saturated carbocycles. The number of hydrogen-bond acceptors (Lipinski definition) is 3. The van der Waals surface area contributed by atoms with Gasteiger partial charge >= 0.3 is 0 Å². The Labute approximate surface area is 103 Å². The first-order valence-corrected chi connectivity index (χ1v) is 6.33. The summed E-state index contributed by atoms with van der Waals surface area (Å²) >= 11 is 0. The fourth-order valence-corrected chi connectivity index (χ4v) is 2.39. The van der Waals surface area contributed by atoms with Crippen LogP contribution in [0.15, 0.2) is 18.2 Å². The SMILES string of the molecule is CCC(C)(O)CN1CCc2cccc(N)c2C1. The van der Waals surface area contributed by atoms with E-state index in [1.165, 1.54) is 11.1 Å². The van der Waals surface area contributed by atoms with Gasteiger partial charge in [-0.25, -0.2) is 0 Å². The molecule has 1 aliphatic heterocycles. The van der Waals surface area contributed by atoms with E-state index in [4.69, 9.17) is 5.73 Å². The van der Waals surface area contributed by atoms with Crippen LogP contribution in [0, 0.1) is 0 Å². The summed E-state index contributed by atoms with van der Waals surface area (Å²) in [7, 11) is 0. The summed E-state index contributed by atoms with van der Waals surface area (Å²) in [6, 6.07) is 6.13. The molecule has 0 radical (unpaired) electrons. The Balaban J connectivity index is 2.11. The molecule has 3 heteroatoms. The molecule has 1 aromatic rings. The van der Waals surface area contributed by atoms with Crippen molar-refractivity contribution in [2.75, 3.05) is 18.8 Å². The van der Waals surface area contributed by atoms with E-state index in [1.54, 1.807) is 0 Å². The molecule has 1 aliphatic rings. The van der Waals surface area contributed by atoms with Crippen LogP contribution in [-0.2, 0) is 13.0 Å². The number of nitrogen functional groups attached to an aromatic ring is 1. The van der Waals surface area contributed by atoms with Crippen molar-refractivity contribution in [2.24, 2.45) is 0 Å². The van der Waals surface area contributed by atoms with Crippen LogP contribution >= 0.6 is 0 Å². The highest BCUT2D eigenvalue weighted by Crippen LogP contribution is 2.25. The second kappa shape index (κ2) is 4.67. The van der Waals surface area contributed by atoms with Crippen molar-refractivity contribution in [2.45, 2.75) is 38.8 Å². The maximum absolute atomic E-state index is 10.1. The van der Waals surface area contributed by atoms with Crippen LogP contribution in [0.1, 0.15) is 31.4 Å². The summed E-state index contributed by atoms with van der Waals surface area (Å²) in [5.74, 6) is 0. The fourth-order valence-electron chi connectivity index (χ4n) is 2.39. The van der Waals surface area contributed by atoms with E-state index in [0.29, 0.717) is 0 Å². The topological polar surface area (TPSA) is 49.5 Å². The quantitative estimate of drug-likeness (QED) is 0.784. The average molecular weight is 234 g/mol. The lowest BCUT2D eigenvalue weighted by Crippen LogP contribution is -2.42. The molecule has 0 bridgehead atoms. The Kier molecular flexibility index (Phi) is 3.40. The minimum Gasteiger partial charge on any atom is -0.398 e. The van der Waals surface area contributed by atoms with Crippen molar-refractivity contribution in [1.29, 1.82) is 0 Å². The molecule has 1 unspecified atom stereocenters. The summed E-state index contributed by atoms with van der Waals surface area (Å²) in [4.78, 5) is 2.29.